The Morgan fingerprint density at radius 2 is 1.94 bits per heavy atom. The first-order valence-electron chi connectivity index (χ1n) is 5.44. The highest BCUT2D eigenvalue weighted by molar-refractivity contribution is 6.33. The van der Waals surface area contributed by atoms with Gasteiger partial charge in [0.1, 0.15) is 5.82 Å². The third-order valence-corrected chi connectivity index (χ3v) is 3.23. The maximum Gasteiger partial charge on any atom is 0.110 e. The van der Waals surface area contributed by atoms with Crippen LogP contribution >= 0.6 is 11.6 Å². The molecule has 17 heavy (non-hydrogen) atoms. The number of pyridine rings is 1. The molecular formula is C14H11ClN2. The van der Waals surface area contributed by atoms with Gasteiger partial charge in [0, 0.05) is 16.8 Å². The molecule has 0 aliphatic heterocycles. The van der Waals surface area contributed by atoms with E-state index in [0.717, 1.165) is 27.5 Å². The molecule has 2 nitrogen and oxygen atoms in total. The number of halogens is 1. The van der Waals surface area contributed by atoms with E-state index in [1.165, 1.54) is 0 Å². The average molecular weight is 243 g/mol. The Morgan fingerprint density at radius 1 is 1.12 bits per heavy atom. The van der Waals surface area contributed by atoms with Gasteiger partial charge in [0.05, 0.1) is 11.7 Å². The first kappa shape index (κ1) is 10.4. The molecule has 0 spiro atoms. The third kappa shape index (κ3) is 1.71. The molecular weight excluding hydrogens is 232 g/mol. The molecule has 0 N–H and O–H groups in total. The van der Waals surface area contributed by atoms with Crippen LogP contribution in [0.25, 0.3) is 16.6 Å². The summed E-state index contributed by atoms with van der Waals surface area (Å²) in [6, 6.07) is 12.0. The van der Waals surface area contributed by atoms with E-state index in [4.69, 9.17) is 11.6 Å². The minimum absolute atomic E-state index is 0.768. The smallest absolute Gasteiger partial charge is 0.110 e. The van der Waals surface area contributed by atoms with Gasteiger partial charge < -0.3 is 4.40 Å². The number of aryl methyl sites for hydroxylation is 1. The molecule has 0 atom stereocenters. The standard InChI is InChI=1S/C14H11ClN2/c1-10-16-8-12-7-6-11(9-17(10)12)13-4-2-3-5-14(13)15/h2-9H,1H3. The molecule has 0 saturated carbocycles. The van der Waals surface area contributed by atoms with Crippen molar-refractivity contribution < 1.29 is 0 Å². The Labute approximate surface area is 104 Å². The van der Waals surface area contributed by atoms with Crippen LogP contribution in [0.1, 0.15) is 5.82 Å². The van der Waals surface area contributed by atoms with Crippen molar-refractivity contribution in [2.75, 3.05) is 0 Å². The molecule has 0 bridgehead atoms. The number of benzene rings is 1. The summed E-state index contributed by atoms with van der Waals surface area (Å²) < 4.78 is 2.07. The highest BCUT2D eigenvalue weighted by Crippen LogP contribution is 2.27. The van der Waals surface area contributed by atoms with E-state index < -0.39 is 0 Å². The van der Waals surface area contributed by atoms with Crippen molar-refractivity contribution in [3.8, 4) is 11.1 Å². The van der Waals surface area contributed by atoms with E-state index in [1.807, 2.05) is 37.4 Å². The Balaban J connectivity index is 2.24. The monoisotopic (exact) mass is 242 g/mol. The van der Waals surface area contributed by atoms with Gasteiger partial charge in [-0.15, -0.1) is 0 Å². The fourth-order valence-electron chi connectivity index (χ4n) is 1.97. The molecule has 0 fully saturated rings. The van der Waals surface area contributed by atoms with Gasteiger partial charge in [-0.2, -0.15) is 0 Å². The summed E-state index contributed by atoms with van der Waals surface area (Å²) in [6.45, 7) is 1.99. The average Bonchev–Trinajstić information content (AvgIpc) is 2.71. The van der Waals surface area contributed by atoms with Crippen LogP contribution in [0.4, 0.5) is 0 Å². The quantitative estimate of drug-likeness (QED) is 0.631. The Bertz CT molecular complexity index is 686. The van der Waals surface area contributed by atoms with Crippen LogP contribution in [0.15, 0.2) is 48.8 Å². The van der Waals surface area contributed by atoms with Crippen molar-refractivity contribution in [3.05, 3.63) is 59.6 Å². The van der Waals surface area contributed by atoms with Crippen molar-refractivity contribution >= 4 is 17.1 Å². The Hall–Kier alpha value is -1.80. The number of hydrogen-bond donors (Lipinski definition) is 0. The van der Waals surface area contributed by atoms with E-state index in [1.54, 1.807) is 0 Å². The minimum Gasteiger partial charge on any atom is -0.303 e. The predicted octanol–water partition coefficient (Wildman–Crippen LogP) is 3.96. The molecule has 0 aliphatic rings. The molecule has 3 aromatic rings. The van der Waals surface area contributed by atoms with Gasteiger partial charge in [-0.3, -0.25) is 0 Å². The van der Waals surface area contributed by atoms with Gasteiger partial charge in [0.25, 0.3) is 0 Å². The van der Waals surface area contributed by atoms with Crippen LogP contribution in [-0.4, -0.2) is 9.38 Å². The second-order valence-electron chi connectivity index (χ2n) is 4.00. The molecule has 84 valence electrons. The third-order valence-electron chi connectivity index (χ3n) is 2.90. The molecule has 3 heteroatoms. The SMILES string of the molecule is Cc1ncc2ccc(-c3ccccc3Cl)cn12. The summed E-state index contributed by atoms with van der Waals surface area (Å²) in [5.74, 6) is 0.980. The lowest BCUT2D eigenvalue weighted by Crippen LogP contribution is -1.89. The van der Waals surface area contributed by atoms with Crippen molar-refractivity contribution in [2.24, 2.45) is 0 Å². The molecule has 3 rings (SSSR count). The topological polar surface area (TPSA) is 17.3 Å². The largest absolute Gasteiger partial charge is 0.303 e. The van der Waals surface area contributed by atoms with E-state index in [9.17, 15) is 0 Å². The highest BCUT2D eigenvalue weighted by atomic mass is 35.5. The van der Waals surface area contributed by atoms with Crippen molar-refractivity contribution in [1.29, 1.82) is 0 Å². The summed E-state index contributed by atoms with van der Waals surface area (Å²) in [5, 5.41) is 0.768. The van der Waals surface area contributed by atoms with E-state index in [2.05, 4.69) is 27.7 Å². The van der Waals surface area contributed by atoms with Crippen LogP contribution in [0.2, 0.25) is 5.02 Å². The summed E-state index contributed by atoms with van der Waals surface area (Å²) in [4.78, 5) is 4.28. The van der Waals surface area contributed by atoms with Gasteiger partial charge in [0.15, 0.2) is 0 Å². The van der Waals surface area contributed by atoms with Crippen LogP contribution in [0, 0.1) is 6.92 Å². The van der Waals surface area contributed by atoms with E-state index in [0.29, 0.717) is 0 Å². The molecule has 2 heterocycles. The van der Waals surface area contributed by atoms with Gasteiger partial charge in [-0.1, -0.05) is 35.9 Å². The van der Waals surface area contributed by atoms with Crippen molar-refractivity contribution in [2.45, 2.75) is 6.92 Å². The number of imidazole rings is 1. The first-order chi connectivity index (χ1) is 8.25. The predicted molar refractivity (Wildman–Crippen MR) is 70.4 cm³/mol. The molecule has 1 aromatic carbocycles. The van der Waals surface area contributed by atoms with Crippen molar-refractivity contribution in [3.63, 3.8) is 0 Å². The second-order valence-corrected chi connectivity index (χ2v) is 4.41. The number of rotatable bonds is 1. The lowest BCUT2D eigenvalue weighted by atomic mass is 10.1. The molecule has 0 radical (unpaired) electrons. The van der Waals surface area contributed by atoms with Gasteiger partial charge in [-0.25, -0.2) is 4.98 Å². The lowest BCUT2D eigenvalue weighted by Gasteiger charge is -2.05. The second kappa shape index (κ2) is 3.90. The summed E-state index contributed by atoms with van der Waals surface area (Å²) in [5.41, 5.74) is 3.24. The van der Waals surface area contributed by atoms with Crippen LogP contribution in [0.5, 0.6) is 0 Å². The minimum atomic E-state index is 0.768. The van der Waals surface area contributed by atoms with Crippen LogP contribution in [-0.2, 0) is 0 Å². The summed E-state index contributed by atoms with van der Waals surface area (Å²) in [7, 11) is 0. The fraction of sp³-hybridized carbons (Fsp3) is 0.0714. The van der Waals surface area contributed by atoms with Crippen molar-refractivity contribution in [1.82, 2.24) is 9.38 Å². The maximum atomic E-state index is 6.20. The fourth-order valence-corrected chi connectivity index (χ4v) is 2.22. The number of aromatic nitrogens is 2. The van der Waals surface area contributed by atoms with Gasteiger partial charge in [0.2, 0.25) is 0 Å². The molecule has 0 unspecified atom stereocenters. The highest BCUT2D eigenvalue weighted by Gasteiger charge is 2.05. The number of fused-ring (bicyclic) bond motifs is 1. The number of hydrogen-bond acceptors (Lipinski definition) is 1. The molecule has 0 aliphatic carbocycles. The van der Waals surface area contributed by atoms with Gasteiger partial charge in [-0.05, 0) is 24.6 Å². The lowest BCUT2D eigenvalue weighted by molar-refractivity contribution is 1.05. The summed E-state index contributed by atoms with van der Waals surface area (Å²) in [6.07, 6.45) is 3.94. The van der Waals surface area contributed by atoms with Crippen LogP contribution in [0.3, 0.4) is 0 Å². The zero-order chi connectivity index (χ0) is 11.8. The summed E-state index contributed by atoms with van der Waals surface area (Å²) >= 11 is 6.20. The van der Waals surface area contributed by atoms with E-state index >= 15 is 0 Å². The Morgan fingerprint density at radius 3 is 2.76 bits per heavy atom. The molecule has 0 saturated heterocycles. The van der Waals surface area contributed by atoms with E-state index in [-0.39, 0.29) is 0 Å². The number of nitrogens with zero attached hydrogens (tertiary/aromatic N) is 2. The zero-order valence-electron chi connectivity index (χ0n) is 9.39. The van der Waals surface area contributed by atoms with Crippen LogP contribution < -0.4 is 0 Å². The zero-order valence-corrected chi connectivity index (χ0v) is 10.1. The molecule has 2 aromatic heterocycles. The Kier molecular flexibility index (Phi) is 2.37. The van der Waals surface area contributed by atoms with Gasteiger partial charge >= 0.3 is 0 Å². The molecule has 0 amide bonds. The first-order valence-corrected chi connectivity index (χ1v) is 5.82. The normalized spacial score (nSPS) is 10.9. The maximum absolute atomic E-state index is 6.20.